The Morgan fingerprint density at radius 2 is 1.48 bits per heavy atom. The van der Waals surface area contributed by atoms with E-state index in [0.717, 1.165) is 5.56 Å². The number of nitrogen functional groups attached to an aromatic ring is 2. The molecule has 1 heterocycles. The molecule has 50 heavy (non-hydrogen) atoms. The quantitative estimate of drug-likeness (QED) is 0.0685. The molecule has 0 unspecified atom stereocenters. The van der Waals surface area contributed by atoms with Gasteiger partial charge in [-0.15, -0.1) is 0 Å². The average molecular weight is 720 g/mol. The lowest BCUT2D eigenvalue weighted by Gasteiger charge is -2.17. The standard InChI is InChI=1S/C26H33N7O3.2C2HF3O2/c1-15(2)32-25-26(35)33(14-23(34)30-12-17-5-7-18(8-6-17)24(28)29)22(13-31-25)19-9-20(27)11-21(10-19)36-16(3)4;2*3-2(4,5)1(6)7/h5-11,13,15-16H,12,14,27H2,1-4H3,(H3,28,29)(H,30,34)(H,31,32);2*(H,6,7). The highest BCUT2D eigenvalue weighted by Gasteiger charge is 2.38. The van der Waals surface area contributed by atoms with E-state index in [1.807, 2.05) is 27.7 Å². The lowest BCUT2D eigenvalue weighted by Crippen LogP contribution is -2.35. The topological polar surface area (TPSA) is 236 Å². The molecule has 2 aromatic carbocycles. The summed E-state index contributed by atoms with van der Waals surface area (Å²) in [5.41, 5.74) is 14.1. The predicted octanol–water partition coefficient (Wildman–Crippen LogP) is 3.97. The van der Waals surface area contributed by atoms with Gasteiger partial charge in [0, 0.05) is 35.5 Å². The monoisotopic (exact) mass is 719 g/mol. The van der Waals surface area contributed by atoms with Gasteiger partial charge in [-0.3, -0.25) is 19.6 Å². The molecule has 0 saturated carbocycles. The van der Waals surface area contributed by atoms with Crippen molar-refractivity contribution >= 4 is 35.2 Å². The second-order valence-corrected chi connectivity index (χ2v) is 10.6. The van der Waals surface area contributed by atoms with Gasteiger partial charge in [0.1, 0.15) is 18.1 Å². The van der Waals surface area contributed by atoms with E-state index in [4.69, 9.17) is 41.4 Å². The lowest BCUT2D eigenvalue weighted by atomic mass is 10.1. The molecule has 20 heteroatoms. The molecule has 0 aliphatic carbocycles. The fourth-order valence-electron chi connectivity index (χ4n) is 3.56. The number of halogens is 6. The molecule has 0 bridgehead atoms. The molecular weight excluding hydrogens is 684 g/mol. The van der Waals surface area contributed by atoms with E-state index in [1.54, 1.807) is 48.7 Å². The number of carboxylic acid groups (broad SMARTS) is 2. The number of nitrogens with one attached hydrogen (secondary N) is 3. The number of benzene rings is 2. The van der Waals surface area contributed by atoms with Gasteiger partial charge >= 0.3 is 24.3 Å². The van der Waals surface area contributed by atoms with Gasteiger partial charge in [-0.2, -0.15) is 26.3 Å². The maximum absolute atomic E-state index is 13.3. The van der Waals surface area contributed by atoms with E-state index < -0.39 is 29.9 Å². The van der Waals surface area contributed by atoms with Crippen LogP contribution in [0.15, 0.2) is 53.5 Å². The summed E-state index contributed by atoms with van der Waals surface area (Å²) >= 11 is 0. The van der Waals surface area contributed by atoms with Crippen LogP contribution in [0.2, 0.25) is 0 Å². The van der Waals surface area contributed by atoms with E-state index in [1.165, 1.54) is 4.57 Å². The average Bonchev–Trinajstić information content (AvgIpc) is 2.97. The molecule has 3 rings (SSSR count). The van der Waals surface area contributed by atoms with Crippen LogP contribution < -0.4 is 32.4 Å². The summed E-state index contributed by atoms with van der Waals surface area (Å²) in [5.74, 6) is -5.17. The number of carbonyl (C=O) groups is 3. The number of carboxylic acids is 2. The van der Waals surface area contributed by atoms with E-state index in [0.29, 0.717) is 28.3 Å². The summed E-state index contributed by atoms with van der Waals surface area (Å²) in [6.45, 7) is 7.65. The van der Waals surface area contributed by atoms with Gasteiger partial charge in [0.15, 0.2) is 5.82 Å². The molecule has 0 aliphatic rings. The number of aliphatic carboxylic acids is 2. The Morgan fingerprint density at radius 1 is 0.960 bits per heavy atom. The van der Waals surface area contributed by atoms with Crippen LogP contribution in [0.25, 0.3) is 11.3 Å². The van der Waals surface area contributed by atoms with Crippen molar-refractivity contribution in [2.24, 2.45) is 5.73 Å². The number of amides is 1. The molecule has 0 fully saturated rings. The van der Waals surface area contributed by atoms with E-state index in [-0.39, 0.29) is 42.8 Å². The van der Waals surface area contributed by atoms with Gasteiger partial charge < -0.3 is 37.1 Å². The highest BCUT2D eigenvalue weighted by atomic mass is 19.4. The van der Waals surface area contributed by atoms with Gasteiger partial charge in [-0.1, -0.05) is 24.3 Å². The van der Waals surface area contributed by atoms with Gasteiger partial charge in [0.05, 0.1) is 18.0 Å². The summed E-state index contributed by atoms with van der Waals surface area (Å²) < 4.78 is 70.6. The van der Waals surface area contributed by atoms with Crippen molar-refractivity contribution in [1.82, 2.24) is 14.9 Å². The van der Waals surface area contributed by atoms with Crippen LogP contribution >= 0.6 is 0 Å². The van der Waals surface area contributed by atoms with Crippen LogP contribution in [0.3, 0.4) is 0 Å². The van der Waals surface area contributed by atoms with Crippen molar-refractivity contribution in [3.8, 4) is 17.0 Å². The van der Waals surface area contributed by atoms with Crippen molar-refractivity contribution in [3.63, 3.8) is 0 Å². The number of nitrogens with zero attached hydrogens (tertiary/aromatic N) is 2. The number of aromatic nitrogens is 2. The first-order chi connectivity index (χ1) is 22.9. The molecule has 274 valence electrons. The Hall–Kier alpha value is -5.82. The van der Waals surface area contributed by atoms with Crippen LogP contribution in [0.1, 0.15) is 38.8 Å². The molecule has 0 aliphatic heterocycles. The van der Waals surface area contributed by atoms with Gasteiger partial charge in [0.25, 0.3) is 5.56 Å². The maximum Gasteiger partial charge on any atom is 0.490 e. The molecule has 0 spiro atoms. The first-order valence-corrected chi connectivity index (χ1v) is 14.2. The summed E-state index contributed by atoms with van der Waals surface area (Å²) in [6.07, 6.45) is -8.68. The molecule has 0 saturated heterocycles. The molecule has 9 N–H and O–H groups in total. The largest absolute Gasteiger partial charge is 0.491 e. The number of amidine groups is 1. The Kier molecular flexibility index (Phi) is 15.3. The molecule has 1 amide bonds. The Balaban J connectivity index is 0.000000748. The fourth-order valence-corrected chi connectivity index (χ4v) is 3.56. The van der Waals surface area contributed by atoms with Crippen molar-refractivity contribution in [2.45, 2.75) is 65.3 Å². The third kappa shape index (κ3) is 14.5. The number of carbonyl (C=O) groups excluding carboxylic acids is 1. The summed E-state index contributed by atoms with van der Waals surface area (Å²) in [7, 11) is 0. The number of alkyl halides is 6. The minimum Gasteiger partial charge on any atom is -0.491 e. The molecule has 1 aromatic heterocycles. The van der Waals surface area contributed by atoms with Crippen LogP contribution in [-0.2, 0) is 27.5 Å². The molecule has 0 atom stereocenters. The molecule has 3 aromatic rings. The second-order valence-electron chi connectivity index (χ2n) is 10.6. The third-order valence-corrected chi connectivity index (χ3v) is 5.62. The second kappa shape index (κ2) is 18.1. The molecular formula is C30H35F6N7O7. The van der Waals surface area contributed by atoms with Crippen LogP contribution in [0.4, 0.5) is 37.8 Å². The SMILES string of the molecule is CC(C)Nc1ncc(-c2cc(N)cc(OC(C)C)c2)n(CC(=O)NCc2ccc(C(=N)N)cc2)c1=O.O=C(O)C(F)(F)F.O=C(O)C(F)(F)F. The Morgan fingerprint density at radius 3 is 1.92 bits per heavy atom. The number of rotatable bonds is 10. The van der Waals surface area contributed by atoms with Crippen LogP contribution in [-0.4, -0.2) is 67.9 Å². The minimum absolute atomic E-state index is 0.0188. The Bertz CT molecular complexity index is 1680. The molecule has 14 nitrogen and oxygen atoms in total. The van der Waals surface area contributed by atoms with Crippen molar-refractivity contribution in [1.29, 1.82) is 5.41 Å². The van der Waals surface area contributed by atoms with Gasteiger partial charge in [-0.05, 0) is 45.4 Å². The highest BCUT2D eigenvalue weighted by molar-refractivity contribution is 5.94. The normalized spacial score (nSPS) is 11.0. The van der Waals surface area contributed by atoms with Gasteiger partial charge in [-0.25, -0.2) is 14.6 Å². The maximum atomic E-state index is 13.3. The van der Waals surface area contributed by atoms with Crippen molar-refractivity contribution < 1.29 is 55.7 Å². The van der Waals surface area contributed by atoms with Crippen LogP contribution in [0, 0.1) is 5.41 Å². The number of nitrogens with two attached hydrogens (primary N) is 2. The fraction of sp³-hybridized carbons (Fsp3) is 0.333. The summed E-state index contributed by atoms with van der Waals surface area (Å²) in [4.78, 5) is 48.3. The smallest absolute Gasteiger partial charge is 0.490 e. The third-order valence-electron chi connectivity index (χ3n) is 5.62. The first kappa shape index (κ1) is 42.2. The van der Waals surface area contributed by atoms with Crippen molar-refractivity contribution in [2.75, 3.05) is 11.1 Å². The van der Waals surface area contributed by atoms with Crippen LogP contribution in [0.5, 0.6) is 5.75 Å². The van der Waals surface area contributed by atoms with E-state index in [2.05, 4.69) is 15.6 Å². The van der Waals surface area contributed by atoms with Crippen molar-refractivity contribution in [3.05, 3.63) is 70.1 Å². The van der Waals surface area contributed by atoms with Gasteiger partial charge in [0.2, 0.25) is 5.91 Å². The highest BCUT2D eigenvalue weighted by Crippen LogP contribution is 2.27. The predicted molar refractivity (Wildman–Crippen MR) is 170 cm³/mol. The Labute approximate surface area is 280 Å². The van der Waals surface area contributed by atoms with E-state index >= 15 is 0 Å². The summed E-state index contributed by atoms with van der Waals surface area (Å²) in [6, 6.07) is 12.2. The zero-order valence-corrected chi connectivity index (χ0v) is 26.9. The number of ether oxygens (including phenoxy) is 1. The zero-order chi connectivity index (χ0) is 38.6. The number of anilines is 2. The number of hydrogen-bond acceptors (Lipinski definition) is 9. The minimum atomic E-state index is -5.08. The summed E-state index contributed by atoms with van der Waals surface area (Å²) in [5, 5.41) is 27.6. The lowest BCUT2D eigenvalue weighted by molar-refractivity contribution is -0.193. The molecule has 0 radical (unpaired) electrons. The zero-order valence-electron chi connectivity index (χ0n) is 26.9. The number of hydrogen-bond donors (Lipinski definition) is 7. The van der Waals surface area contributed by atoms with E-state index in [9.17, 15) is 35.9 Å². The first-order valence-electron chi connectivity index (χ1n) is 14.2.